The van der Waals surface area contributed by atoms with E-state index in [9.17, 15) is 9.18 Å². The number of aryl methyl sites for hydroxylation is 1. The third-order valence-electron chi connectivity index (χ3n) is 4.74. The molecule has 27 heavy (non-hydrogen) atoms. The van der Waals surface area contributed by atoms with Gasteiger partial charge in [0.2, 0.25) is 0 Å². The molecule has 1 aromatic heterocycles. The average Bonchev–Trinajstić information content (AvgIpc) is 3.09. The first kappa shape index (κ1) is 19.4. The predicted molar refractivity (Wildman–Crippen MR) is 100 cm³/mol. The van der Waals surface area contributed by atoms with Crippen molar-refractivity contribution in [3.63, 3.8) is 0 Å². The molecule has 1 amide bonds. The molecule has 0 aliphatic carbocycles. The van der Waals surface area contributed by atoms with Gasteiger partial charge in [0.25, 0.3) is 5.91 Å². The van der Waals surface area contributed by atoms with Crippen molar-refractivity contribution in [2.75, 3.05) is 46.4 Å². The van der Waals surface area contributed by atoms with Gasteiger partial charge in [-0.3, -0.25) is 9.69 Å². The van der Waals surface area contributed by atoms with Crippen molar-refractivity contribution in [1.82, 2.24) is 15.1 Å². The summed E-state index contributed by atoms with van der Waals surface area (Å²) < 4.78 is 24.1. The number of furan rings is 1. The van der Waals surface area contributed by atoms with E-state index in [0.29, 0.717) is 12.3 Å². The maximum atomic E-state index is 12.9. The van der Waals surface area contributed by atoms with Gasteiger partial charge in [0.1, 0.15) is 23.1 Å². The number of benzene rings is 1. The molecule has 2 heterocycles. The highest BCUT2D eigenvalue weighted by Gasteiger charge is 2.26. The lowest BCUT2D eigenvalue weighted by Crippen LogP contribution is -2.48. The smallest absolute Gasteiger partial charge is 0.258 e. The molecule has 0 saturated carbocycles. The number of rotatable bonds is 7. The highest BCUT2D eigenvalue weighted by molar-refractivity contribution is 5.77. The number of carbonyl (C=O) groups is 1. The zero-order chi connectivity index (χ0) is 19.2. The van der Waals surface area contributed by atoms with Crippen LogP contribution >= 0.6 is 0 Å². The van der Waals surface area contributed by atoms with E-state index in [0.717, 1.165) is 37.7 Å². The lowest BCUT2D eigenvalue weighted by Gasteiger charge is -2.37. The van der Waals surface area contributed by atoms with Crippen LogP contribution in [0.25, 0.3) is 0 Å². The molecule has 0 bridgehead atoms. The average molecular weight is 375 g/mol. The number of nitrogens with one attached hydrogen (secondary N) is 1. The Hall–Kier alpha value is -2.38. The minimum absolute atomic E-state index is 0.0119. The molecular formula is C20H26FN3O3. The molecular weight excluding hydrogens is 349 g/mol. The summed E-state index contributed by atoms with van der Waals surface area (Å²) in [6, 6.07) is 9.51. The molecule has 1 atom stereocenters. The van der Waals surface area contributed by atoms with Crippen LogP contribution in [0.5, 0.6) is 5.75 Å². The van der Waals surface area contributed by atoms with Crippen LogP contribution in [0.3, 0.4) is 0 Å². The third-order valence-corrected chi connectivity index (χ3v) is 4.74. The Morgan fingerprint density at radius 1 is 1.19 bits per heavy atom. The van der Waals surface area contributed by atoms with Crippen LogP contribution in [0, 0.1) is 12.7 Å². The number of likely N-dealkylation sites (N-methyl/N-ethyl adjacent to an activating group) is 1. The van der Waals surface area contributed by atoms with E-state index >= 15 is 0 Å². The van der Waals surface area contributed by atoms with E-state index in [1.54, 1.807) is 0 Å². The van der Waals surface area contributed by atoms with Crippen molar-refractivity contribution in [1.29, 1.82) is 0 Å². The Morgan fingerprint density at radius 2 is 1.89 bits per heavy atom. The van der Waals surface area contributed by atoms with Gasteiger partial charge < -0.3 is 19.4 Å². The van der Waals surface area contributed by atoms with Crippen LogP contribution in [0.4, 0.5) is 4.39 Å². The number of nitrogens with zero attached hydrogens (tertiary/aromatic N) is 2. The van der Waals surface area contributed by atoms with E-state index in [2.05, 4.69) is 22.2 Å². The van der Waals surface area contributed by atoms with Gasteiger partial charge in [0, 0.05) is 32.7 Å². The zero-order valence-electron chi connectivity index (χ0n) is 15.8. The Morgan fingerprint density at radius 3 is 2.52 bits per heavy atom. The van der Waals surface area contributed by atoms with Crippen molar-refractivity contribution in [2.24, 2.45) is 0 Å². The second kappa shape index (κ2) is 9.01. The van der Waals surface area contributed by atoms with E-state index in [1.165, 1.54) is 24.3 Å². The van der Waals surface area contributed by atoms with Crippen molar-refractivity contribution in [3.05, 3.63) is 53.7 Å². The Kier molecular flexibility index (Phi) is 6.47. The summed E-state index contributed by atoms with van der Waals surface area (Å²) in [4.78, 5) is 16.8. The predicted octanol–water partition coefficient (Wildman–Crippen LogP) is 2.21. The minimum atomic E-state index is -0.337. The van der Waals surface area contributed by atoms with Gasteiger partial charge in [-0.25, -0.2) is 4.39 Å². The number of carbonyl (C=O) groups excluding carboxylic acids is 1. The fourth-order valence-electron chi connectivity index (χ4n) is 3.12. The summed E-state index contributed by atoms with van der Waals surface area (Å²) in [5, 5.41) is 2.93. The molecule has 0 unspecified atom stereocenters. The molecule has 0 radical (unpaired) electrons. The normalized spacial score (nSPS) is 16.9. The van der Waals surface area contributed by atoms with Gasteiger partial charge >= 0.3 is 0 Å². The van der Waals surface area contributed by atoms with Gasteiger partial charge in [-0.05, 0) is 50.4 Å². The van der Waals surface area contributed by atoms with Crippen LogP contribution in [-0.2, 0) is 4.79 Å². The lowest BCUT2D eigenvalue weighted by atomic mass is 10.1. The standard InChI is InChI=1S/C20H26FN3O3/c1-15-3-8-19(27-15)18(24-11-9-23(2)10-12-24)13-22-20(25)14-26-17-6-4-16(21)5-7-17/h3-8,18H,9-14H2,1-2H3,(H,22,25)/t18-/m1/s1. The van der Waals surface area contributed by atoms with Crippen molar-refractivity contribution in [2.45, 2.75) is 13.0 Å². The lowest BCUT2D eigenvalue weighted by molar-refractivity contribution is -0.123. The Labute approximate surface area is 158 Å². The molecule has 1 N–H and O–H groups in total. The van der Waals surface area contributed by atoms with E-state index in [-0.39, 0.29) is 24.4 Å². The highest BCUT2D eigenvalue weighted by atomic mass is 19.1. The molecule has 146 valence electrons. The summed E-state index contributed by atoms with van der Waals surface area (Å²) in [5.74, 6) is 1.62. The van der Waals surface area contributed by atoms with Crippen molar-refractivity contribution >= 4 is 5.91 Å². The van der Waals surface area contributed by atoms with Gasteiger partial charge in [-0.2, -0.15) is 0 Å². The van der Waals surface area contributed by atoms with Gasteiger partial charge in [0.05, 0.1) is 6.04 Å². The Balaban J connectivity index is 1.55. The van der Waals surface area contributed by atoms with Gasteiger partial charge in [0.15, 0.2) is 6.61 Å². The van der Waals surface area contributed by atoms with Crippen LogP contribution in [-0.4, -0.2) is 62.1 Å². The van der Waals surface area contributed by atoms with Crippen LogP contribution in [0.2, 0.25) is 0 Å². The van der Waals surface area contributed by atoms with E-state index in [4.69, 9.17) is 9.15 Å². The molecule has 1 fully saturated rings. The maximum Gasteiger partial charge on any atom is 0.258 e. The number of hydrogen-bond acceptors (Lipinski definition) is 5. The van der Waals surface area contributed by atoms with Gasteiger partial charge in [-0.1, -0.05) is 0 Å². The van der Waals surface area contributed by atoms with E-state index in [1.807, 2.05) is 19.1 Å². The van der Waals surface area contributed by atoms with Crippen LogP contribution < -0.4 is 10.1 Å². The summed E-state index contributed by atoms with van der Waals surface area (Å²) >= 11 is 0. The zero-order valence-corrected chi connectivity index (χ0v) is 15.8. The second-order valence-electron chi connectivity index (χ2n) is 6.85. The summed E-state index contributed by atoms with van der Waals surface area (Å²) in [6.45, 7) is 6.06. The molecule has 2 aromatic rings. The summed E-state index contributed by atoms with van der Waals surface area (Å²) in [6.07, 6.45) is 0. The van der Waals surface area contributed by atoms with Crippen LogP contribution in [0.1, 0.15) is 17.6 Å². The summed E-state index contributed by atoms with van der Waals surface area (Å²) in [7, 11) is 2.11. The Bertz CT molecular complexity index is 739. The van der Waals surface area contributed by atoms with Gasteiger partial charge in [-0.15, -0.1) is 0 Å². The third kappa shape index (κ3) is 5.55. The molecule has 1 aliphatic rings. The molecule has 0 spiro atoms. The SMILES string of the molecule is Cc1ccc([C@@H](CNC(=O)COc2ccc(F)cc2)N2CCN(C)CC2)o1. The number of halogens is 1. The summed E-state index contributed by atoms with van der Waals surface area (Å²) in [5.41, 5.74) is 0. The number of ether oxygens (including phenoxy) is 1. The van der Waals surface area contributed by atoms with Crippen molar-refractivity contribution in [3.8, 4) is 5.75 Å². The second-order valence-corrected chi connectivity index (χ2v) is 6.85. The maximum absolute atomic E-state index is 12.9. The molecule has 6 nitrogen and oxygen atoms in total. The number of amides is 1. The molecule has 1 aliphatic heterocycles. The highest BCUT2D eigenvalue weighted by Crippen LogP contribution is 2.23. The number of hydrogen-bond donors (Lipinski definition) is 1. The monoisotopic (exact) mass is 375 g/mol. The fraction of sp³-hybridized carbons (Fsp3) is 0.450. The molecule has 1 saturated heterocycles. The first-order valence-corrected chi connectivity index (χ1v) is 9.15. The number of piperazine rings is 1. The van der Waals surface area contributed by atoms with Crippen molar-refractivity contribution < 1.29 is 18.3 Å². The van der Waals surface area contributed by atoms with Crippen LogP contribution in [0.15, 0.2) is 40.8 Å². The largest absolute Gasteiger partial charge is 0.484 e. The fourth-order valence-corrected chi connectivity index (χ4v) is 3.12. The molecule has 1 aromatic carbocycles. The minimum Gasteiger partial charge on any atom is -0.484 e. The topological polar surface area (TPSA) is 58.0 Å². The molecule has 3 rings (SSSR count). The molecule has 7 heteroatoms. The van der Waals surface area contributed by atoms with E-state index < -0.39 is 0 Å². The first-order valence-electron chi connectivity index (χ1n) is 9.15. The first-order chi connectivity index (χ1) is 13.0. The quantitative estimate of drug-likeness (QED) is 0.804.